The summed E-state index contributed by atoms with van der Waals surface area (Å²) in [6, 6.07) is 15.9. The Morgan fingerprint density at radius 2 is 1.69 bits per heavy atom. The van der Waals surface area contributed by atoms with Gasteiger partial charge in [-0.3, -0.25) is 4.79 Å². The number of ether oxygens (including phenoxy) is 1. The zero-order chi connectivity index (χ0) is 26.1. The van der Waals surface area contributed by atoms with Crippen LogP contribution in [-0.4, -0.2) is 38.8 Å². The number of rotatable bonds is 6. The first kappa shape index (κ1) is 25.2. The standard InChI is InChI=1S/C25H20F3N3O4S/c1-24(2)22(33)31(18-8-10-19(11-9-18)36-25(26,27)28)23(34)30(24)15-16-12-13-29-20(14-16)35-21(32)17-6-4-3-5-7-17/h3-14H,15H2,1-2H3. The fourth-order valence-electron chi connectivity index (χ4n) is 3.64. The Kier molecular flexibility index (Phi) is 6.77. The summed E-state index contributed by atoms with van der Waals surface area (Å²) in [7, 11) is 0. The van der Waals surface area contributed by atoms with Crippen LogP contribution in [-0.2, 0) is 11.3 Å². The summed E-state index contributed by atoms with van der Waals surface area (Å²) < 4.78 is 43.2. The van der Waals surface area contributed by atoms with Crippen LogP contribution in [0.2, 0.25) is 0 Å². The van der Waals surface area contributed by atoms with Crippen LogP contribution in [0.5, 0.6) is 5.88 Å². The second kappa shape index (κ2) is 9.65. The average molecular weight is 516 g/mol. The van der Waals surface area contributed by atoms with Gasteiger partial charge in [0.15, 0.2) is 0 Å². The normalized spacial score (nSPS) is 15.4. The largest absolute Gasteiger partial charge is 0.446 e. The highest BCUT2D eigenvalue weighted by Gasteiger charge is 2.51. The molecular weight excluding hydrogens is 495 g/mol. The van der Waals surface area contributed by atoms with Gasteiger partial charge in [0, 0.05) is 23.7 Å². The molecule has 1 saturated heterocycles. The van der Waals surface area contributed by atoms with E-state index in [1.54, 1.807) is 50.2 Å². The Morgan fingerprint density at radius 3 is 2.33 bits per heavy atom. The molecular formula is C25H20F3N3O4S. The van der Waals surface area contributed by atoms with Gasteiger partial charge in [-0.1, -0.05) is 18.2 Å². The molecule has 0 bridgehead atoms. The number of imide groups is 1. The van der Waals surface area contributed by atoms with Gasteiger partial charge in [0.25, 0.3) is 5.91 Å². The molecule has 1 aromatic heterocycles. The van der Waals surface area contributed by atoms with Gasteiger partial charge in [-0.25, -0.2) is 19.5 Å². The van der Waals surface area contributed by atoms with Crippen LogP contribution in [0.1, 0.15) is 29.8 Å². The smallest absolute Gasteiger partial charge is 0.404 e. The number of anilines is 1. The molecule has 3 amide bonds. The lowest BCUT2D eigenvalue weighted by molar-refractivity contribution is -0.123. The summed E-state index contributed by atoms with van der Waals surface area (Å²) in [5, 5.41) is 0. The number of alkyl halides is 3. The molecule has 0 aliphatic carbocycles. The lowest BCUT2D eigenvalue weighted by atomic mass is 10.0. The minimum absolute atomic E-state index is 0.00842. The maximum atomic E-state index is 13.2. The zero-order valence-corrected chi connectivity index (χ0v) is 20.0. The molecule has 2 aromatic carbocycles. The van der Waals surface area contributed by atoms with E-state index in [1.165, 1.54) is 41.4 Å². The Hall–Kier alpha value is -3.86. The van der Waals surface area contributed by atoms with Crippen molar-refractivity contribution in [2.45, 2.75) is 36.3 Å². The maximum absolute atomic E-state index is 13.2. The monoisotopic (exact) mass is 515 g/mol. The van der Waals surface area contributed by atoms with Crippen molar-refractivity contribution in [1.29, 1.82) is 0 Å². The van der Waals surface area contributed by atoms with Crippen LogP contribution >= 0.6 is 11.8 Å². The number of hydrogen-bond acceptors (Lipinski definition) is 6. The van der Waals surface area contributed by atoms with E-state index in [2.05, 4.69) is 4.98 Å². The number of benzene rings is 2. The molecule has 11 heteroatoms. The molecule has 1 aliphatic rings. The number of amides is 3. The molecule has 0 radical (unpaired) electrons. The van der Waals surface area contributed by atoms with E-state index >= 15 is 0 Å². The van der Waals surface area contributed by atoms with Gasteiger partial charge >= 0.3 is 17.5 Å². The predicted molar refractivity (Wildman–Crippen MR) is 126 cm³/mol. The second-order valence-electron chi connectivity index (χ2n) is 8.37. The Balaban J connectivity index is 1.52. The number of hydrogen-bond donors (Lipinski definition) is 0. The summed E-state index contributed by atoms with van der Waals surface area (Å²) >= 11 is -0.281. The molecule has 4 rings (SSSR count). The van der Waals surface area contributed by atoms with Crippen LogP contribution in [0.4, 0.5) is 23.7 Å². The molecule has 0 unspecified atom stereocenters. The molecule has 0 spiro atoms. The van der Waals surface area contributed by atoms with E-state index < -0.39 is 29.0 Å². The zero-order valence-electron chi connectivity index (χ0n) is 19.2. The summed E-state index contributed by atoms with van der Waals surface area (Å²) in [4.78, 5) is 45.0. The van der Waals surface area contributed by atoms with E-state index in [1.807, 2.05) is 0 Å². The van der Waals surface area contributed by atoms with Crippen molar-refractivity contribution >= 4 is 35.4 Å². The van der Waals surface area contributed by atoms with Gasteiger partial charge < -0.3 is 9.64 Å². The van der Waals surface area contributed by atoms with E-state index in [0.717, 1.165) is 4.90 Å². The summed E-state index contributed by atoms with van der Waals surface area (Å²) in [6.07, 6.45) is 1.42. The third-order valence-corrected chi connectivity index (χ3v) is 6.24. The third kappa shape index (κ3) is 5.35. The van der Waals surface area contributed by atoms with E-state index in [0.29, 0.717) is 11.1 Å². The maximum Gasteiger partial charge on any atom is 0.446 e. The molecule has 36 heavy (non-hydrogen) atoms. The van der Waals surface area contributed by atoms with Crippen LogP contribution in [0.15, 0.2) is 77.8 Å². The SMILES string of the molecule is CC1(C)C(=O)N(c2ccc(SC(F)(F)F)cc2)C(=O)N1Cc1ccnc(OC(=O)c2ccccc2)c1. The predicted octanol–water partition coefficient (Wildman–Crippen LogP) is 5.66. The fraction of sp³-hybridized carbons (Fsp3) is 0.200. The quantitative estimate of drug-likeness (QED) is 0.240. The van der Waals surface area contributed by atoms with Crippen LogP contribution in [0.25, 0.3) is 0 Å². The number of nitrogens with zero attached hydrogens (tertiary/aromatic N) is 3. The first-order valence-corrected chi connectivity index (χ1v) is 11.5. The second-order valence-corrected chi connectivity index (χ2v) is 9.51. The highest BCUT2D eigenvalue weighted by Crippen LogP contribution is 2.39. The molecule has 7 nitrogen and oxygen atoms in total. The number of esters is 1. The topological polar surface area (TPSA) is 79.8 Å². The van der Waals surface area contributed by atoms with Crippen molar-refractivity contribution in [2.24, 2.45) is 0 Å². The molecule has 186 valence electrons. The van der Waals surface area contributed by atoms with E-state index in [-0.39, 0.29) is 34.8 Å². The Bertz CT molecular complexity index is 1300. The summed E-state index contributed by atoms with van der Waals surface area (Å²) in [5.41, 5.74) is -4.60. The summed E-state index contributed by atoms with van der Waals surface area (Å²) in [6.45, 7) is 3.17. The Labute approximate surface area is 208 Å². The number of thioether (sulfide) groups is 1. The molecule has 1 fully saturated rings. The van der Waals surface area contributed by atoms with Gasteiger partial charge in [0.2, 0.25) is 5.88 Å². The minimum Gasteiger partial charge on any atom is -0.404 e. The van der Waals surface area contributed by atoms with Crippen molar-refractivity contribution in [2.75, 3.05) is 4.90 Å². The highest BCUT2D eigenvalue weighted by atomic mass is 32.2. The van der Waals surface area contributed by atoms with Gasteiger partial charge in [0.05, 0.1) is 11.3 Å². The van der Waals surface area contributed by atoms with Crippen molar-refractivity contribution in [3.63, 3.8) is 0 Å². The van der Waals surface area contributed by atoms with Crippen molar-refractivity contribution < 1.29 is 32.3 Å². The first-order chi connectivity index (χ1) is 17.0. The van der Waals surface area contributed by atoms with Crippen molar-refractivity contribution in [3.05, 3.63) is 84.1 Å². The molecule has 3 aromatic rings. The highest BCUT2D eigenvalue weighted by molar-refractivity contribution is 8.00. The van der Waals surface area contributed by atoms with Gasteiger partial charge in [-0.15, -0.1) is 0 Å². The Morgan fingerprint density at radius 1 is 1.03 bits per heavy atom. The van der Waals surface area contributed by atoms with Crippen molar-refractivity contribution in [1.82, 2.24) is 9.88 Å². The van der Waals surface area contributed by atoms with E-state index in [9.17, 15) is 27.6 Å². The lowest BCUT2D eigenvalue weighted by Crippen LogP contribution is -2.43. The molecule has 2 heterocycles. The molecule has 0 saturated carbocycles. The lowest BCUT2D eigenvalue weighted by Gasteiger charge is -2.27. The third-order valence-electron chi connectivity index (χ3n) is 5.50. The number of halogens is 3. The molecule has 0 N–H and O–H groups in total. The van der Waals surface area contributed by atoms with Gasteiger partial charge in [-0.2, -0.15) is 13.2 Å². The molecule has 0 atom stereocenters. The number of urea groups is 1. The van der Waals surface area contributed by atoms with E-state index in [4.69, 9.17) is 4.74 Å². The number of carbonyl (C=O) groups is 3. The van der Waals surface area contributed by atoms with Crippen LogP contribution < -0.4 is 9.64 Å². The number of pyridine rings is 1. The van der Waals surface area contributed by atoms with Crippen molar-refractivity contribution in [3.8, 4) is 5.88 Å². The summed E-state index contributed by atoms with van der Waals surface area (Å²) in [5.74, 6) is -1.08. The minimum atomic E-state index is -4.45. The van der Waals surface area contributed by atoms with Crippen LogP contribution in [0, 0.1) is 0 Å². The number of carbonyl (C=O) groups excluding carboxylic acids is 3. The van der Waals surface area contributed by atoms with Gasteiger partial charge in [-0.05, 0) is 73.6 Å². The first-order valence-electron chi connectivity index (χ1n) is 10.7. The number of aromatic nitrogens is 1. The average Bonchev–Trinajstić information content (AvgIpc) is 2.99. The van der Waals surface area contributed by atoms with Gasteiger partial charge in [0.1, 0.15) is 5.54 Å². The fourth-order valence-corrected chi connectivity index (χ4v) is 4.18. The van der Waals surface area contributed by atoms with Crippen LogP contribution in [0.3, 0.4) is 0 Å². The molecule has 1 aliphatic heterocycles.